The number of hydrogen-bond donors (Lipinski definition) is 0. The van der Waals surface area contributed by atoms with E-state index in [1.807, 2.05) is 47.2 Å². The molecule has 2 aromatic carbocycles. The number of nitriles is 1. The van der Waals surface area contributed by atoms with Gasteiger partial charge in [-0.3, -0.25) is 14.5 Å². The molecule has 6 heteroatoms. The van der Waals surface area contributed by atoms with Crippen molar-refractivity contribution in [3.05, 3.63) is 78.1 Å². The normalized spacial score (nSPS) is 14.3. The number of benzene rings is 2. The molecule has 2 heterocycles. The van der Waals surface area contributed by atoms with E-state index in [9.17, 15) is 9.59 Å². The fraction of sp³-hybridized carbons (Fsp3) is 0.0500. The Morgan fingerprint density at radius 2 is 1.81 bits per heavy atom. The third-order valence-corrected chi connectivity index (χ3v) is 5.09. The molecule has 0 bridgehead atoms. The van der Waals surface area contributed by atoms with Crippen LogP contribution in [0.1, 0.15) is 11.1 Å². The molecular weight excluding hydrogens is 346 g/mol. The van der Waals surface area contributed by atoms with Crippen molar-refractivity contribution >= 4 is 38.7 Å². The van der Waals surface area contributed by atoms with Crippen LogP contribution in [0.2, 0.25) is 0 Å². The summed E-state index contributed by atoms with van der Waals surface area (Å²) in [5.41, 5.74) is 3.44. The fourth-order valence-corrected chi connectivity index (χ4v) is 3.71. The molecule has 1 aromatic heterocycles. The minimum absolute atomic E-state index is 0.182. The Morgan fingerprint density at radius 3 is 2.46 bits per heavy atom. The first kappa shape index (κ1) is 16.2. The van der Waals surface area contributed by atoms with Gasteiger partial charge in [0.25, 0.3) is 5.24 Å². The third kappa shape index (κ3) is 2.59. The van der Waals surface area contributed by atoms with Gasteiger partial charge < -0.3 is 4.57 Å². The van der Waals surface area contributed by atoms with Crippen LogP contribution in [-0.4, -0.2) is 14.9 Å². The van der Waals surface area contributed by atoms with Crippen LogP contribution >= 0.6 is 11.8 Å². The fourth-order valence-electron chi connectivity index (χ4n) is 3.05. The maximum absolute atomic E-state index is 12.2. The molecule has 1 fully saturated rings. The number of para-hydroxylation sites is 1. The first-order valence-corrected chi connectivity index (χ1v) is 8.72. The number of carbonyl (C=O) groups excluding carboxylic acids is 2. The van der Waals surface area contributed by atoms with Crippen molar-refractivity contribution < 1.29 is 9.59 Å². The van der Waals surface area contributed by atoms with Gasteiger partial charge in [-0.15, -0.1) is 0 Å². The Morgan fingerprint density at radius 1 is 1.08 bits per heavy atom. The van der Waals surface area contributed by atoms with E-state index in [0.717, 1.165) is 16.5 Å². The number of fused-ring (bicyclic) bond motifs is 1. The van der Waals surface area contributed by atoms with Gasteiger partial charge in [0.2, 0.25) is 5.12 Å². The molecule has 126 valence electrons. The molecule has 26 heavy (non-hydrogen) atoms. The lowest BCUT2D eigenvalue weighted by molar-refractivity contribution is -0.107. The van der Waals surface area contributed by atoms with Crippen molar-refractivity contribution in [3.63, 3.8) is 0 Å². The smallest absolute Gasteiger partial charge is 0.298 e. The zero-order valence-corrected chi connectivity index (χ0v) is 14.5. The lowest BCUT2D eigenvalue weighted by atomic mass is 10.1. The van der Waals surface area contributed by atoms with Gasteiger partial charge in [-0.1, -0.05) is 36.9 Å². The summed E-state index contributed by atoms with van der Waals surface area (Å²) in [4.78, 5) is 25.5. The number of rotatable bonds is 3. The molecule has 1 aliphatic rings. The largest absolute Gasteiger partial charge is 0.341 e. The van der Waals surface area contributed by atoms with Crippen LogP contribution in [-0.2, 0) is 11.3 Å². The summed E-state index contributed by atoms with van der Waals surface area (Å²) in [6, 6.07) is 17.2. The SMILES string of the molecule is C=C1C(=O)SC(=O)N1c1cn(Cc2ccc(C#N)cc2)c2ccccc12. The quantitative estimate of drug-likeness (QED) is 0.655. The number of aromatic nitrogens is 1. The van der Waals surface area contributed by atoms with E-state index in [1.165, 1.54) is 4.90 Å². The van der Waals surface area contributed by atoms with Gasteiger partial charge in [-0.25, -0.2) is 0 Å². The zero-order valence-electron chi connectivity index (χ0n) is 13.7. The predicted octanol–water partition coefficient (Wildman–Crippen LogP) is 4.27. The van der Waals surface area contributed by atoms with E-state index in [2.05, 4.69) is 12.6 Å². The third-order valence-electron chi connectivity index (χ3n) is 4.31. The molecular formula is C20H13N3O2S. The average molecular weight is 359 g/mol. The highest BCUT2D eigenvalue weighted by Gasteiger charge is 2.36. The second-order valence-corrected chi connectivity index (χ2v) is 6.83. The zero-order chi connectivity index (χ0) is 18.3. The monoisotopic (exact) mass is 359 g/mol. The highest BCUT2D eigenvalue weighted by atomic mass is 32.2. The van der Waals surface area contributed by atoms with Crippen molar-refractivity contribution in [2.24, 2.45) is 0 Å². The molecule has 1 amide bonds. The van der Waals surface area contributed by atoms with Gasteiger partial charge >= 0.3 is 0 Å². The maximum atomic E-state index is 12.2. The van der Waals surface area contributed by atoms with Crippen LogP contribution in [0.15, 0.2) is 67.0 Å². The van der Waals surface area contributed by atoms with E-state index in [0.29, 0.717) is 29.6 Å². The lowest BCUT2D eigenvalue weighted by Crippen LogP contribution is -2.20. The standard InChI is InChI=1S/C20H13N3O2S/c1-13-19(24)26-20(25)23(13)18-12-22(17-5-3-2-4-16(17)18)11-15-8-6-14(10-21)7-9-15/h2-9,12H,1,11H2. The first-order valence-electron chi connectivity index (χ1n) is 7.90. The molecule has 0 radical (unpaired) electrons. The first-order chi connectivity index (χ1) is 12.6. The van der Waals surface area contributed by atoms with Gasteiger partial charge in [0.15, 0.2) is 0 Å². The molecule has 0 saturated carbocycles. The van der Waals surface area contributed by atoms with Crippen LogP contribution in [0.5, 0.6) is 0 Å². The van der Waals surface area contributed by atoms with E-state index >= 15 is 0 Å². The summed E-state index contributed by atoms with van der Waals surface area (Å²) in [5, 5.41) is 9.15. The Kier molecular flexibility index (Phi) is 3.86. The Hall–Kier alpha value is -3.30. The minimum Gasteiger partial charge on any atom is -0.341 e. The van der Waals surface area contributed by atoms with Crippen molar-refractivity contribution in [2.45, 2.75) is 6.54 Å². The van der Waals surface area contributed by atoms with Crippen LogP contribution < -0.4 is 4.90 Å². The van der Waals surface area contributed by atoms with Crippen molar-refractivity contribution in [2.75, 3.05) is 4.90 Å². The number of carbonyl (C=O) groups is 2. The van der Waals surface area contributed by atoms with Gasteiger partial charge in [-0.2, -0.15) is 5.26 Å². The van der Waals surface area contributed by atoms with E-state index in [-0.39, 0.29) is 16.1 Å². The minimum atomic E-state index is -0.332. The number of thioether (sulfide) groups is 1. The van der Waals surface area contributed by atoms with Gasteiger partial charge in [0.1, 0.15) is 0 Å². The second-order valence-electron chi connectivity index (χ2n) is 5.91. The Bertz CT molecular complexity index is 1110. The van der Waals surface area contributed by atoms with Crippen LogP contribution in [0, 0.1) is 11.3 Å². The summed E-state index contributed by atoms with van der Waals surface area (Å²) in [6.07, 6.45) is 1.87. The van der Waals surface area contributed by atoms with Gasteiger partial charge in [-0.05, 0) is 23.8 Å². The number of amides is 1. The van der Waals surface area contributed by atoms with Crippen molar-refractivity contribution in [1.29, 1.82) is 5.26 Å². The summed E-state index contributed by atoms with van der Waals surface area (Å²) in [5.74, 6) is 0. The predicted molar refractivity (Wildman–Crippen MR) is 102 cm³/mol. The maximum Gasteiger partial charge on any atom is 0.298 e. The van der Waals surface area contributed by atoms with E-state index < -0.39 is 0 Å². The number of anilines is 1. The Labute approximate surface area is 154 Å². The Balaban J connectivity index is 1.79. The number of hydrogen-bond acceptors (Lipinski definition) is 4. The molecule has 0 unspecified atom stereocenters. The molecule has 5 nitrogen and oxygen atoms in total. The van der Waals surface area contributed by atoms with Crippen molar-refractivity contribution in [1.82, 2.24) is 4.57 Å². The molecule has 0 atom stereocenters. The summed E-state index contributed by atoms with van der Waals surface area (Å²) in [6.45, 7) is 4.34. The molecule has 0 spiro atoms. The molecule has 1 saturated heterocycles. The number of nitrogens with zero attached hydrogens (tertiary/aromatic N) is 3. The highest BCUT2D eigenvalue weighted by Crippen LogP contribution is 2.38. The topological polar surface area (TPSA) is 66.1 Å². The van der Waals surface area contributed by atoms with Crippen molar-refractivity contribution in [3.8, 4) is 6.07 Å². The summed E-state index contributed by atoms with van der Waals surface area (Å²) < 4.78 is 2.03. The summed E-state index contributed by atoms with van der Waals surface area (Å²) >= 11 is 0.666. The highest BCUT2D eigenvalue weighted by molar-refractivity contribution is 8.27. The van der Waals surface area contributed by atoms with Crippen LogP contribution in [0.4, 0.5) is 10.5 Å². The molecule has 3 aromatic rings. The van der Waals surface area contributed by atoms with Gasteiger partial charge in [0.05, 0.1) is 28.5 Å². The molecule has 1 aliphatic heterocycles. The van der Waals surface area contributed by atoms with Crippen LogP contribution in [0.25, 0.3) is 10.9 Å². The lowest BCUT2D eigenvalue weighted by Gasteiger charge is -2.13. The molecule has 0 N–H and O–H groups in total. The van der Waals surface area contributed by atoms with Crippen LogP contribution in [0.3, 0.4) is 0 Å². The van der Waals surface area contributed by atoms with Gasteiger partial charge in [0, 0.05) is 29.9 Å². The molecule has 0 aliphatic carbocycles. The molecule has 4 rings (SSSR count). The summed E-state index contributed by atoms with van der Waals surface area (Å²) in [7, 11) is 0. The van der Waals surface area contributed by atoms with E-state index in [1.54, 1.807) is 12.1 Å². The van der Waals surface area contributed by atoms with E-state index in [4.69, 9.17) is 5.26 Å². The second kappa shape index (κ2) is 6.21. The average Bonchev–Trinajstić information content (AvgIpc) is 3.12.